The minimum atomic E-state index is -0.576. The molecule has 0 saturated heterocycles. The first-order chi connectivity index (χ1) is 10.3. The van der Waals surface area contributed by atoms with Crippen LogP contribution in [0.3, 0.4) is 0 Å². The van der Waals surface area contributed by atoms with E-state index >= 15 is 0 Å². The van der Waals surface area contributed by atoms with E-state index in [0.717, 1.165) is 31.1 Å². The quantitative estimate of drug-likeness (QED) is 0.689. The highest BCUT2D eigenvalue weighted by Crippen LogP contribution is 2.71. The van der Waals surface area contributed by atoms with Crippen LogP contribution in [0, 0.1) is 34.0 Å². The molecule has 1 N–H and O–H groups in total. The second-order valence-electron chi connectivity index (χ2n) is 9.54. The van der Waals surface area contributed by atoms with E-state index in [1.54, 1.807) is 0 Å². The van der Waals surface area contributed by atoms with Crippen molar-refractivity contribution in [3.63, 3.8) is 0 Å². The molecule has 4 aliphatic carbocycles. The molecule has 2 nitrogen and oxygen atoms in total. The zero-order valence-electron chi connectivity index (χ0n) is 14.2. The van der Waals surface area contributed by atoms with E-state index in [-0.39, 0.29) is 0 Å². The Morgan fingerprint density at radius 2 is 1.91 bits per heavy atom. The van der Waals surface area contributed by atoms with Crippen LogP contribution in [0.15, 0.2) is 12.2 Å². The van der Waals surface area contributed by atoms with Crippen molar-refractivity contribution in [2.45, 2.75) is 71.6 Å². The van der Waals surface area contributed by atoms with Gasteiger partial charge >= 0.3 is 5.97 Å². The van der Waals surface area contributed by atoms with Gasteiger partial charge in [-0.2, -0.15) is 0 Å². The van der Waals surface area contributed by atoms with Gasteiger partial charge in [0.15, 0.2) is 0 Å². The Labute approximate surface area is 134 Å². The fourth-order valence-corrected chi connectivity index (χ4v) is 7.12. The number of carboxylic acid groups (broad SMARTS) is 1. The van der Waals surface area contributed by atoms with Gasteiger partial charge in [0.2, 0.25) is 0 Å². The van der Waals surface area contributed by atoms with Gasteiger partial charge in [0.05, 0.1) is 5.41 Å². The topological polar surface area (TPSA) is 37.3 Å². The molecular formula is C20H30O2. The second kappa shape index (κ2) is 4.39. The summed E-state index contributed by atoms with van der Waals surface area (Å²) in [6.45, 7) is 8.86. The van der Waals surface area contributed by atoms with Crippen LogP contribution < -0.4 is 0 Å². The zero-order chi connectivity index (χ0) is 15.8. The number of aliphatic carboxylic acids is 1. The van der Waals surface area contributed by atoms with E-state index < -0.39 is 11.4 Å². The number of carbonyl (C=O) groups is 1. The molecule has 2 bridgehead atoms. The van der Waals surface area contributed by atoms with Gasteiger partial charge in [-0.05, 0) is 93.3 Å². The molecule has 4 rings (SSSR count). The molecule has 4 saturated carbocycles. The average Bonchev–Trinajstić information content (AvgIpc) is 2.70. The van der Waals surface area contributed by atoms with E-state index in [9.17, 15) is 9.90 Å². The molecule has 6 atom stereocenters. The summed E-state index contributed by atoms with van der Waals surface area (Å²) in [5, 5.41) is 9.63. The summed E-state index contributed by atoms with van der Waals surface area (Å²) >= 11 is 0. The van der Waals surface area contributed by atoms with Crippen LogP contribution in [-0.4, -0.2) is 11.1 Å². The van der Waals surface area contributed by atoms with Crippen molar-refractivity contribution in [2.75, 3.05) is 0 Å². The lowest BCUT2D eigenvalue weighted by molar-refractivity contribution is -0.164. The molecule has 0 aromatic carbocycles. The molecule has 0 aromatic rings. The predicted molar refractivity (Wildman–Crippen MR) is 87.4 cm³/mol. The highest BCUT2D eigenvalue weighted by Gasteiger charge is 2.62. The molecule has 0 amide bonds. The predicted octanol–water partition coefficient (Wildman–Crippen LogP) is 5.04. The number of rotatable bonds is 1. The summed E-state index contributed by atoms with van der Waals surface area (Å²) in [4.78, 5) is 11.7. The van der Waals surface area contributed by atoms with Crippen LogP contribution in [0.4, 0.5) is 0 Å². The SMILES string of the molecule is C=C1CC23CCC4C[C@](C)(C(=O)O)CC[C@@]4(C)C2CCC1C3. The first-order valence-electron chi connectivity index (χ1n) is 9.20. The first-order valence-corrected chi connectivity index (χ1v) is 9.20. The zero-order valence-corrected chi connectivity index (χ0v) is 14.2. The first kappa shape index (κ1) is 14.8. The van der Waals surface area contributed by atoms with Crippen LogP contribution in [0.25, 0.3) is 0 Å². The van der Waals surface area contributed by atoms with Gasteiger partial charge in [-0.15, -0.1) is 0 Å². The van der Waals surface area contributed by atoms with Crippen molar-refractivity contribution in [1.29, 1.82) is 0 Å². The molecule has 0 heterocycles. The van der Waals surface area contributed by atoms with E-state index in [1.807, 2.05) is 6.92 Å². The number of allylic oxidation sites excluding steroid dienone is 1. The Bertz CT molecular complexity index is 538. The standard InChI is InChI=1S/C20H30O2/c1-13-10-20-7-6-15-12-18(2,17(21)22)8-9-19(15,3)16(20)5-4-14(13)11-20/h14-16H,1,4-12H2,2-3H3,(H,21,22)/t14?,15?,16?,18-,19-,20?/m1/s1. The maximum atomic E-state index is 11.7. The Hall–Kier alpha value is -0.790. The van der Waals surface area contributed by atoms with Gasteiger partial charge in [-0.1, -0.05) is 19.1 Å². The van der Waals surface area contributed by atoms with E-state index in [1.165, 1.54) is 44.1 Å². The molecule has 0 aromatic heterocycles. The maximum absolute atomic E-state index is 11.7. The third-order valence-corrected chi connectivity index (χ3v) is 8.50. The van der Waals surface area contributed by atoms with Crippen LogP contribution in [0.5, 0.6) is 0 Å². The lowest BCUT2D eigenvalue weighted by atomic mass is 9.43. The van der Waals surface area contributed by atoms with Crippen molar-refractivity contribution in [1.82, 2.24) is 0 Å². The normalized spacial score (nSPS) is 53.7. The van der Waals surface area contributed by atoms with E-state index in [4.69, 9.17) is 0 Å². The Kier molecular flexibility index (Phi) is 2.95. The molecular weight excluding hydrogens is 272 g/mol. The Morgan fingerprint density at radius 3 is 2.64 bits per heavy atom. The Balaban J connectivity index is 1.65. The van der Waals surface area contributed by atoms with Crippen LogP contribution >= 0.6 is 0 Å². The summed E-state index contributed by atoms with van der Waals surface area (Å²) in [7, 11) is 0. The van der Waals surface area contributed by atoms with Gasteiger partial charge in [-0.3, -0.25) is 4.79 Å². The number of hydrogen-bond donors (Lipinski definition) is 1. The molecule has 0 aliphatic heterocycles. The lowest BCUT2D eigenvalue weighted by Crippen LogP contribution is -2.54. The molecule has 22 heavy (non-hydrogen) atoms. The minimum Gasteiger partial charge on any atom is -0.481 e. The van der Waals surface area contributed by atoms with Crippen molar-refractivity contribution in [3.05, 3.63) is 12.2 Å². The third-order valence-electron chi connectivity index (χ3n) is 8.50. The molecule has 2 heteroatoms. The van der Waals surface area contributed by atoms with Gasteiger partial charge in [0.25, 0.3) is 0 Å². The monoisotopic (exact) mass is 302 g/mol. The highest BCUT2D eigenvalue weighted by molar-refractivity contribution is 5.74. The molecule has 122 valence electrons. The van der Waals surface area contributed by atoms with Crippen LogP contribution in [-0.2, 0) is 4.79 Å². The third kappa shape index (κ3) is 1.76. The average molecular weight is 302 g/mol. The molecule has 4 fully saturated rings. The fourth-order valence-electron chi connectivity index (χ4n) is 7.12. The largest absolute Gasteiger partial charge is 0.481 e. The number of carboxylic acids is 1. The summed E-state index contributed by atoms with van der Waals surface area (Å²) in [6, 6.07) is 0. The van der Waals surface area contributed by atoms with E-state index in [2.05, 4.69) is 13.5 Å². The number of hydrogen-bond acceptors (Lipinski definition) is 1. The molecule has 1 spiro atoms. The van der Waals surface area contributed by atoms with Gasteiger partial charge in [0, 0.05) is 0 Å². The summed E-state index contributed by atoms with van der Waals surface area (Å²) < 4.78 is 0. The maximum Gasteiger partial charge on any atom is 0.309 e. The van der Waals surface area contributed by atoms with E-state index in [0.29, 0.717) is 16.7 Å². The molecule has 4 aliphatic rings. The molecule has 0 radical (unpaired) electrons. The second-order valence-corrected chi connectivity index (χ2v) is 9.54. The van der Waals surface area contributed by atoms with Crippen molar-refractivity contribution < 1.29 is 9.90 Å². The van der Waals surface area contributed by atoms with Crippen LogP contribution in [0.1, 0.15) is 71.6 Å². The summed E-state index contributed by atoms with van der Waals surface area (Å²) in [6.07, 6.45) is 10.8. The highest BCUT2D eigenvalue weighted by atomic mass is 16.4. The number of fused-ring (bicyclic) bond motifs is 3. The Morgan fingerprint density at radius 1 is 1.14 bits per heavy atom. The van der Waals surface area contributed by atoms with Gasteiger partial charge < -0.3 is 5.11 Å². The molecule has 4 unspecified atom stereocenters. The minimum absolute atomic E-state index is 0.378. The van der Waals surface area contributed by atoms with Crippen LogP contribution in [0.2, 0.25) is 0 Å². The summed E-state index contributed by atoms with van der Waals surface area (Å²) in [5.41, 5.74) is 1.95. The van der Waals surface area contributed by atoms with Crippen molar-refractivity contribution in [3.8, 4) is 0 Å². The summed E-state index contributed by atoms with van der Waals surface area (Å²) in [5.74, 6) is 1.65. The fraction of sp³-hybridized carbons (Fsp3) is 0.850. The van der Waals surface area contributed by atoms with Crippen molar-refractivity contribution in [2.24, 2.45) is 34.0 Å². The smallest absolute Gasteiger partial charge is 0.309 e. The van der Waals surface area contributed by atoms with Crippen molar-refractivity contribution >= 4 is 5.97 Å². The lowest BCUT2D eigenvalue weighted by Gasteiger charge is -2.61. The van der Waals surface area contributed by atoms with Gasteiger partial charge in [-0.25, -0.2) is 0 Å². The van der Waals surface area contributed by atoms with Gasteiger partial charge in [0.1, 0.15) is 0 Å².